The summed E-state index contributed by atoms with van der Waals surface area (Å²) in [6, 6.07) is 6.63. The van der Waals surface area contributed by atoms with E-state index in [2.05, 4.69) is 5.32 Å². The fourth-order valence-corrected chi connectivity index (χ4v) is 6.36. The number of fused-ring (bicyclic) bond motifs is 3. The van der Waals surface area contributed by atoms with Gasteiger partial charge in [0.25, 0.3) is 5.91 Å². The molecule has 0 radical (unpaired) electrons. The van der Waals surface area contributed by atoms with Gasteiger partial charge in [0, 0.05) is 25.2 Å². The average Bonchev–Trinajstić information content (AvgIpc) is 3.63. The lowest BCUT2D eigenvalue weighted by molar-refractivity contribution is -0.160. The van der Waals surface area contributed by atoms with Gasteiger partial charge >= 0.3 is 5.97 Å². The number of rotatable bonds is 5. The number of carboxylic acids is 1. The van der Waals surface area contributed by atoms with Gasteiger partial charge in [0.05, 0.1) is 16.9 Å². The quantitative estimate of drug-likeness (QED) is 0.370. The molecule has 3 aromatic rings. The molecule has 0 saturated carbocycles. The molecule has 0 fully saturated rings. The van der Waals surface area contributed by atoms with Crippen molar-refractivity contribution in [2.45, 2.75) is 66.3 Å². The number of halogens is 1. The number of amides is 1. The van der Waals surface area contributed by atoms with E-state index in [-0.39, 0.29) is 25.0 Å². The predicted molar refractivity (Wildman–Crippen MR) is 157 cm³/mol. The van der Waals surface area contributed by atoms with Crippen molar-refractivity contribution in [3.63, 3.8) is 0 Å². The highest BCUT2D eigenvalue weighted by Gasteiger charge is 2.38. The van der Waals surface area contributed by atoms with Crippen LogP contribution >= 0.6 is 0 Å². The number of benzene rings is 3. The summed E-state index contributed by atoms with van der Waals surface area (Å²) in [5.41, 5.74) is 5.71. The van der Waals surface area contributed by atoms with Crippen LogP contribution in [0.2, 0.25) is 0 Å². The maximum atomic E-state index is 15.5. The summed E-state index contributed by atoms with van der Waals surface area (Å²) in [7, 11) is 0. The van der Waals surface area contributed by atoms with Gasteiger partial charge in [-0.25, -0.2) is 9.18 Å². The molecule has 1 atom stereocenters. The van der Waals surface area contributed by atoms with Crippen molar-refractivity contribution in [2.75, 3.05) is 25.3 Å². The third-order valence-electron chi connectivity index (χ3n) is 8.30. The number of ether oxygens (including phenoxy) is 4. The van der Waals surface area contributed by atoms with Crippen LogP contribution in [0.5, 0.6) is 17.2 Å². The first-order valence-corrected chi connectivity index (χ1v) is 14.3. The first-order valence-electron chi connectivity index (χ1n) is 14.3. The topological polar surface area (TPSA) is 107 Å². The van der Waals surface area contributed by atoms with Crippen LogP contribution in [0.1, 0.15) is 70.6 Å². The molecule has 3 heterocycles. The third-order valence-corrected chi connectivity index (χ3v) is 8.30. The lowest BCUT2D eigenvalue weighted by Gasteiger charge is -2.31. The lowest BCUT2D eigenvalue weighted by Crippen LogP contribution is -2.29. The molecule has 6 rings (SSSR count). The van der Waals surface area contributed by atoms with E-state index < -0.39 is 23.5 Å². The Morgan fingerprint density at radius 3 is 2.44 bits per heavy atom. The zero-order valence-electron chi connectivity index (χ0n) is 25.1. The Morgan fingerprint density at radius 1 is 1.02 bits per heavy atom. The van der Waals surface area contributed by atoms with Crippen molar-refractivity contribution >= 4 is 17.6 Å². The summed E-state index contributed by atoms with van der Waals surface area (Å²) >= 11 is 0. The van der Waals surface area contributed by atoms with Gasteiger partial charge in [0.2, 0.25) is 6.79 Å². The minimum absolute atomic E-state index is 0.0473. The Morgan fingerprint density at radius 2 is 1.74 bits per heavy atom. The molecule has 226 valence electrons. The number of hydrogen-bond acceptors (Lipinski definition) is 7. The van der Waals surface area contributed by atoms with Crippen molar-refractivity contribution in [1.29, 1.82) is 0 Å². The molecule has 3 aromatic carbocycles. The first kappa shape index (κ1) is 28.8. The van der Waals surface area contributed by atoms with E-state index in [0.29, 0.717) is 64.7 Å². The van der Waals surface area contributed by atoms with E-state index in [4.69, 9.17) is 18.9 Å². The minimum Gasteiger partial charge on any atom is -0.486 e. The number of carbonyl (C=O) groups is 2. The summed E-state index contributed by atoms with van der Waals surface area (Å²) < 4.78 is 38.4. The summed E-state index contributed by atoms with van der Waals surface area (Å²) in [4.78, 5) is 28.4. The van der Waals surface area contributed by atoms with Gasteiger partial charge < -0.3 is 34.3 Å². The fraction of sp³-hybridized carbons (Fsp3) is 0.394. The van der Waals surface area contributed by atoms with Crippen molar-refractivity contribution < 1.29 is 38.0 Å². The molecular weight excluding hydrogens is 555 g/mol. The molecule has 0 spiro atoms. The molecule has 0 aliphatic carbocycles. The number of nitrogens with one attached hydrogen (secondary N) is 1. The monoisotopic (exact) mass is 590 g/mol. The number of hydrogen-bond donors (Lipinski definition) is 2. The molecule has 0 bridgehead atoms. The number of aliphatic carboxylic acids is 1. The van der Waals surface area contributed by atoms with Crippen LogP contribution < -0.4 is 19.5 Å². The van der Waals surface area contributed by atoms with Gasteiger partial charge in [0.1, 0.15) is 6.61 Å². The summed E-state index contributed by atoms with van der Waals surface area (Å²) in [6.45, 7) is 12.5. The molecule has 1 unspecified atom stereocenters. The second kappa shape index (κ2) is 10.4. The normalized spacial score (nSPS) is 15.8. The first-order chi connectivity index (χ1) is 20.4. The van der Waals surface area contributed by atoms with Gasteiger partial charge in [0.15, 0.2) is 29.2 Å². The molecule has 0 saturated heterocycles. The number of para-hydroxylation sites is 1. The zero-order valence-corrected chi connectivity index (χ0v) is 25.1. The van der Waals surface area contributed by atoms with E-state index in [0.717, 1.165) is 22.3 Å². The van der Waals surface area contributed by atoms with Crippen LogP contribution in [0.25, 0.3) is 11.1 Å². The van der Waals surface area contributed by atoms with Crippen LogP contribution in [0.3, 0.4) is 0 Å². The smallest absolute Gasteiger partial charge is 0.337 e. The maximum absolute atomic E-state index is 15.5. The fourth-order valence-electron chi connectivity index (χ4n) is 6.36. The van der Waals surface area contributed by atoms with Crippen LogP contribution in [-0.2, 0) is 22.6 Å². The van der Waals surface area contributed by atoms with Crippen molar-refractivity contribution in [1.82, 2.24) is 4.90 Å². The van der Waals surface area contributed by atoms with E-state index in [1.807, 2.05) is 20.8 Å². The summed E-state index contributed by atoms with van der Waals surface area (Å²) in [5.74, 6) is -0.823. The Kier molecular flexibility index (Phi) is 7.00. The molecule has 43 heavy (non-hydrogen) atoms. The largest absolute Gasteiger partial charge is 0.486 e. The van der Waals surface area contributed by atoms with Crippen molar-refractivity contribution in [2.24, 2.45) is 0 Å². The van der Waals surface area contributed by atoms with Crippen LogP contribution in [0.4, 0.5) is 10.1 Å². The van der Waals surface area contributed by atoms with E-state index in [9.17, 15) is 14.7 Å². The van der Waals surface area contributed by atoms with Crippen LogP contribution in [0.15, 0.2) is 24.3 Å². The van der Waals surface area contributed by atoms with E-state index in [1.54, 1.807) is 43.9 Å². The van der Waals surface area contributed by atoms with E-state index >= 15 is 4.39 Å². The molecule has 2 N–H and O–H groups in total. The van der Waals surface area contributed by atoms with Crippen molar-refractivity contribution in [3.8, 4) is 28.4 Å². The molecule has 1 amide bonds. The predicted octanol–water partition coefficient (Wildman–Crippen LogP) is 6.05. The molecule has 3 aliphatic rings. The number of carboxylic acid groups (broad SMARTS) is 1. The maximum Gasteiger partial charge on any atom is 0.337 e. The van der Waals surface area contributed by atoms with Crippen LogP contribution in [-0.4, -0.2) is 47.4 Å². The standard InChI is InChI=1S/C33H35FN2O7/c1-16-21-13-36(31(37)19-8-7-9-24-28(19)42-15-41-24)14-22(21)17(2)26(30(32(38)39)43-33(4,5)6)25(16)20-12-23(34)29-27(18(20)3)35-10-11-40-29/h7-9,12,30,35H,10-11,13-15H2,1-6H3,(H,38,39). The molecular formula is C33H35FN2O7. The molecule has 0 aromatic heterocycles. The second-order valence-corrected chi connectivity index (χ2v) is 12.2. The highest BCUT2D eigenvalue weighted by molar-refractivity contribution is 5.98. The third kappa shape index (κ3) is 4.83. The highest BCUT2D eigenvalue weighted by Crippen LogP contribution is 2.48. The minimum atomic E-state index is -1.34. The zero-order chi connectivity index (χ0) is 30.8. The second-order valence-electron chi connectivity index (χ2n) is 12.2. The van der Waals surface area contributed by atoms with Gasteiger partial charge in [-0.3, -0.25) is 4.79 Å². The molecule has 10 heteroatoms. The summed E-state index contributed by atoms with van der Waals surface area (Å²) in [5, 5.41) is 13.7. The Hall–Kier alpha value is -4.31. The SMILES string of the molecule is Cc1c(-c2c(C)c3c(c(C)c2C(OC(C)(C)C)C(=O)O)CN(C(=O)c2cccc4c2OCO4)C3)cc(F)c2c1NCCO2. The van der Waals surface area contributed by atoms with Gasteiger partial charge in [-0.05, 0) is 98.7 Å². The summed E-state index contributed by atoms with van der Waals surface area (Å²) in [6.07, 6.45) is -1.34. The Balaban J connectivity index is 1.54. The lowest BCUT2D eigenvalue weighted by atomic mass is 9.81. The molecule has 9 nitrogen and oxygen atoms in total. The Labute approximate surface area is 249 Å². The van der Waals surface area contributed by atoms with Gasteiger partial charge in [-0.15, -0.1) is 0 Å². The number of nitrogens with zero attached hydrogens (tertiary/aromatic N) is 1. The number of carbonyl (C=O) groups excluding carboxylic acids is 1. The van der Waals surface area contributed by atoms with E-state index in [1.165, 1.54) is 6.07 Å². The van der Waals surface area contributed by atoms with Crippen LogP contribution in [0, 0.1) is 26.6 Å². The number of anilines is 1. The Bertz CT molecular complexity index is 1680. The highest BCUT2D eigenvalue weighted by atomic mass is 19.1. The average molecular weight is 591 g/mol. The van der Waals surface area contributed by atoms with Crippen molar-refractivity contribution in [3.05, 3.63) is 69.0 Å². The van der Waals surface area contributed by atoms with Gasteiger partial charge in [-0.2, -0.15) is 0 Å². The molecule has 3 aliphatic heterocycles. The van der Waals surface area contributed by atoms with Gasteiger partial charge in [-0.1, -0.05) is 6.07 Å².